The summed E-state index contributed by atoms with van der Waals surface area (Å²) in [5.41, 5.74) is 0. The molecule has 0 amide bonds. The molecule has 0 spiro atoms. The molecule has 0 aliphatic heterocycles. The fraction of sp³-hybridized carbons (Fsp3) is 0. The minimum atomic E-state index is 0. The van der Waals surface area contributed by atoms with Crippen molar-refractivity contribution in [2.45, 2.75) is 0 Å². The van der Waals surface area contributed by atoms with E-state index in [9.17, 15) is 0 Å². The van der Waals surface area contributed by atoms with Crippen LogP contribution in [0.4, 0.5) is 0 Å². The normalized spacial score (nSPS) is 0. The van der Waals surface area contributed by atoms with Crippen molar-refractivity contribution in [1.82, 2.24) is 0 Å². The van der Waals surface area contributed by atoms with Gasteiger partial charge >= 0.3 is 0 Å². The molecule has 0 saturated heterocycles. The van der Waals surface area contributed by atoms with Crippen LogP contribution in [-0.4, -0.2) is 0 Å². The van der Waals surface area contributed by atoms with E-state index in [0.29, 0.717) is 0 Å². The van der Waals surface area contributed by atoms with Crippen molar-refractivity contribution < 1.29 is 70.1 Å². The summed E-state index contributed by atoms with van der Waals surface area (Å²) in [6.07, 6.45) is 0. The predicted octanol–water partition coefficient (Wildman–Crippen LogP) is -0.0100. The second kappa shape index (κ2) is 19.2. The molecule has 0 aliphatic carbocycles. The van der Waals surface area contributed by atoms with Crippen LogP contribution in [0.2, 0.25) is 0 Å². The van der Waals surface area contributed by atoms with Crippen LogP contribution in [0.1, 0.15) is 0 Å². The fourth-order valence-electron chi connectivity index (χ4n) is 0. The van der Waals surface area contributed by atoms with Crippen molar-refractivity contribution in [1.29, 1.82) is 0 Å². The second-order valence-corrected chi connectivity index (χ2v) is 0. The Balaban J connectivity index is 0. The summed E-state index contributed by atoms with van der Waals surface area (Å²) < 4.78 is 0. The van der Waals surface area contributed by atoms with Gasteiger partial charge in [-0.25, -0.2) is 0 Å². The molecule has 0 nitrogen and oxygen atoms in total. The van der Waals surface area contributed by atoms with E-state index >= 15 is 0 Å². The Morgan fingerprint density at radius 2 is 1.00 bits per heavy atom. The van der Waals surface area contributed by atoms with Crippen molar-refractivity contribution in [3.63, 3.8) is 0 Å². The van der Waals surface area contributed by atoms with Gasteiger partial charge in [0.15, 0.2) is 0 Å². The molecule has 4 heavy (non-hydrogen) atoms. The molecule has 0 unspecified atom stereocenters. The maximum absolute atomic E-state index is 0. The Morgan fingerprint density at radius 1 is 1.00 bits per heavy atom. The molecule has 0 aliphatic rings. The Kier molecular flexibility index (Phi) is 169. The van der Waals surface area contributed by atoms with Gasteiger partial charge in [0.25, 0.3) is 0 Å². The zero-order chi connectivity index (χ0) is 0. The van der Waals surface area contributed by atoms with Crippen LogP contribution in [-0.2, 0) is 70.1 Å². The van der Waals surface area contributed by atoms with Crippen LogP contribution in [0, 0.1) is 0 Å². The van der Waals surface area contributed by atoms with Gasteiger partial charge in [-0.05, 0) is 0 Å². The first kappa shape index (κ1) is 35.2. The molecule has 0 bridgehead atoms. The standard InChI is InChI=1S/Fe.Mn.Ni.Zn. The van der Waals surface area contributed by atoms with Crippen molar-refractivity contribution in [2.75, 3.05) is 0 Å². The Labute approximate surface area is 69.5 Å². The van der Waals surface area contributed by atoms with Gasteiger partial charge in [-0.3, -0.25) is 0 Å². The maximum atomic E-state index is 0. The van der Waals surface area contributed by atoms with E-state index in [1.807, 2.05) is 0 Å². The van der Waals surface area contributed by atoms with Crippen molar-refractivity contribution >= 4 is 0 Å². The first-order chi connectivity index (χ1) is 0. The topological polar surface area (TPSA) is 0 Å². The van der Waals surface area contributed by atoms with Crippen molar-refractivity contribution in [3.05, 3.63) is 0 Å². The van der Waals surface area contributed by atoms with Crippen molar-refractivity contribution in [3.8, 4) is 0 Å². The van der Waals surface area contributed by atoms with E-state index in [1.165, 1.54) is 0 Å². The maximum Gasteiger partial charge on any atom is 0 e. The SMILES string of the molecule is [Fe].[Mn].[Ni].[Zn]. The van der Waals surface area contributed by atoms with E-state index in [4.69, 9.17) is 0 Å². The summed E-state index contributed by atoms with van der Waals surface area (Å²) >= 11 is 0. The number of hydrogen-bond donors (Lipinski definition) is 0. The van der Waals surface area contributed by atoms with E-state index in [0.717, 1.165) is 0 Å². The Bertz CT molecular complexity index is 8.00. The summed E-state index contributed by atoms with van der Waals surface area (Å²) in [5.74, 6) is 0. The molecule has 4 heteroatoms. The summed E-state index contributed by atoms with van der Waals surface area (Å²) in [6.45, 7) is 0. The van der Waals surface area contributed by atoms with E-state index in [1.54, 1.807) is 0 Å². The third kappa shape index (κ3) is 8.91. The molecule has 0 atom stereocenters. The van der Waals surface area contributed by atoms with Gasteiger partial charge in [-0.1, -0.05) is 0 Å². The quantitative estimate of drug-likeness (QED) is 0.518. The summed E-state index contributed by atoms with van der Waals surface area (Å²) in [4.78, 5) is 0. The molecule has 0 fully saturated rings. The first-order valence-corrected chi connectivity index (χ1v) is 0. The van der Waals surface area contributed by atoms with Crippen LogP contribution < -0.4 is 0 Å². The third-order valence-corrected chi connectivity index (χ3v) is 0. The smallest absolute Gasteiger partial charge is 0 e. The Morgan fingerprint density at radius 3 is 1.00 bits per heavy atom. The van der Waals surface area contributed by atoms with E-state index in [2.05, 4.69) is 0 Å². The Hall–Kier alpha value is 2.16. The predicted molar refractivity (Wildman–Crippen MR) is 0 cm³/mol. The molecule has 0 heterocycles. The van der Waals surface area contributed by atoms with E-state index in [-0.39, 0.29) is 70.1 Å². The van der Waals surface area contributed by atoms with Gasteiger partial charge in [0.05, 0.1) is 0 Å². The minimum absolute atomic E-state index is 0. The number of rotatable bonds is 0. The second-order valence-electron chi connectivity index (χ2n) is 0. The summed E-state index contributed by atoms with van der Waals surface area (Å²) in [6, 6.07) is 0. The monoisotopic (exact) mass is 233 g/mol. The molecule has 0 rings (SSSR count). The van der Waals surface area contributed by atoms with Gasteiger partial charge in [-0.15, -0.1) is 0 Å². The molecule has 0 N–H and O–H groups in total. The van der Waals surface area contributed by atoms with Crippen LogP contribution in [0.25, 0.3) is 0 Å². The first-order valence-electron chi connectivity index (χ1n) is 0. The minimum Gasteiger partial charge on any atom is 0 e. The summed E-state index contributed by atoms with van der Waals surface area (Å²) in [7, 11) is 0. The summed E-state index contributed by atoms with van der Waals surface area (Å²) in [5, 5.41) is 0. The van der Waals surface area contributed by atoms with Gasteiger partial charge in [-0.2, -0.15) is 0 Å². The van der Waals surface area contributed by atoms with E-state index < -0.39 is 0 Å². The molecule has 0 saturated carbocycles. The van der Waals surface area contributed by atoms with Crippen molar-refractivity contribution in [2.24, 2.45) is 0 Å². The third-order valence-electron chi connectivity index (χ3n) is 0. The van der Waals surface area contributed by atoms with Crippen LogP contribution in [0.15, 0.2) is 0 Å². The van der Waals surface area contributed by atoms with Crippen LogP contribution >= 0.6 is 0 Å². The molecular weight excluding hydrogens is 235 g/mol. The molecule has 0 aromatic rings. The fourth-order valence-corrected chi connectivity index (χ4v) is 0. The largest absolute Gasteiger partial charge is 0 e. The molecule has 27 valence electrons. The molecule has 1 radical (unpaired) electrons. The average molecular weight is 235 g/mol. The zero-order valence-corrected chi connectivity index (χ0v) is 7.99. The van der Waals surface area contributed by atoms with Crippen LogP contribution in [0.5, 0.6) is 0 Å². The molecule has 0 aromatic carbocycles. The van der Waals surface area contributed by atoms with Gasteiger partial charge in [0.2, 0.25) is 0 Å². The average Bonchev–Trinajstić information content (AvgIpc) is 0. The van der Waals surface area contributed by atoms with Gasteiger partial charge < -0.3 is 0 Å². The molecule has 0 aromatic heterocycles. The molecular formula is FeMnNiZn. The van der Waals surface area contributed by atoms with Crippen LogP contribution in [0.3, 0.4) is 0 Å². The van der Waals surface area contributed by atoms with Gasteiger partial charge in [0.1, 0.15) is 0 Å². The zero-order valence-electron chi connectivity index (χ0n) is 1.75. The number of hydrogen-bond acceptors (Lipinski definition) is 0. The van der Waals surface area contributed by atoms with Gasteiger partial charge in [0, 0.05) is 70.1 Å².